The first-order chi connectivity index (χ1) is 8.65. The summed E-state index contributed by atoms with van der Waals surface area (Å²) in [4.78, 5) is 22.7. The van der Waals surface area contributed by atoms with Crippen LogP contribution >= 0.6 is 0 Å². The van der Waals surface area contributed by atoms with Crippen molar-refractivity contribution >= 4 is 5.82 Å². The fourth-order valence-corrected chi connectivity index (χ4v) is 1.52. The molecule has 0 aromatic carbocycles. The summed E-state index contributed by atoms with van der Waals surface area (Å²) in [6.45, 7) is 4.52. The van der Waals surface area contributed by atoms with Gasteiger partial charge in [0.25, 0.3) is 5.56 Å². The lowest BCUT2D eigenvalue weighted by atomic mass is 10.2. The van der Waals surface area contributed by atoms with E-state index in [1.54, 1.807) is 6.20 Å². The van der Waals surface area contributed by atoms with E-state index in [9.17, 15) is 4.79 Å². The standard InChI is InChI=1S/C13H16N4O/c1-9(2)13-16-11(7-12(18)17-13)15-8-10-5-3-4-6-14-10/h3-7,9H,8H2,1-2H3,(H2,15,16,17,18). The molecule has 2 aromatic heterocycles. The van der Waals surface area contributed by atoms with Gasteiger partial charge < -0.3 is 10.3 Å². The van der Waals surface area contributed by atoms with Crippen molar-refractivity contribution in [2.24, 2.45) is 0 Å². The number of hydrogen-bond donors (Lipinski definition) is 2. The van der Waals surface area contributed by atoms with E-state index in [-0.39, 0.29) is 11.5 Å². The highest BCUT2D eigenvalue weighted by Gasteiger charge is 2.05. The molecule has 0 radical (unpaired) electrons. The molecule has 0 aliphatic rings. The van der Waals surface area contributed by atoms with Gasteiger partial charge in [-0.05, 0) is 12.1 Å². The van der Waals surface area contributed by atoms with E-state index in [1.165, 1.54) is 6.07 Å². The maximum absolute atomic E-state index is 11.5. The minimum Gasteiger partial charge on any atom is -0.364 e. The Bertz CT molecular complexity index is 563. The molecule has 18 heavy (non-hydrogen) atoms. The first-order valence-electron chi connectivity index (χ1n) is 5.90. The highest BCUT2D eigenvalue weighted by Crippen LogP contribution is 2.09. The minimum atomic E-state index is -0.141. The molecule has 0 atom stereocenters. The summed E-state index contributed by atoms with van der Waals surface area (Å²) in [6, 6.07) is 7.17. The number of aromatic nitrogens is 3. The zero-order valence-electron chi connectivity index (χ0n) is 10.5. The van der Waals surface area contributed by atoms with Gasteiger partial charge in [-0.1, -0.05) is 19.9 Å². The van der Waals surface area contributed by atoms with Gasteiger partial charge in [-0.15, -0.1) is 0 Å². The zero-order chi connectivity index (χ0) is 13.0. The Morgan fingerprint density at radius 1 is 1.39 bits per heavy atom. The van der Waals surface area contributed by atoms with Crippen molar-refractivity contribution in [3.63, 3.8) is 0 Å². The molecule has 2 N–H and O–H groups in total. The maximum atomic E-state index is 11.5. The van der Waals surface area contributed by atoms with Crippen LogP contribution in [0.3, 0.4) is 0 Å². The van der Waals surface area contributed by atoms with Crippen LogP contribution in [-0.2, 0) is 6.54 Å². The van der Waals surface area contributed by atoms with Gasteiger partial charge in [0.05, 0.1) is 12.2 Å². The Kier molecular flexibility index (Phi) is 3.72. The SMILES string of the molecule is CC(C)c1nc(NCc2ccccn2)cc(=O)[nH]1. The van der Waals surface area contributed by atoms with Crippen LogP contribution in [0.5, 0.6) is 0 Å². The van der Waals surface area contributed by atoms with Crippen LogP contribution in [-0.4, -0.2) is 15.0 Å². The zero-order valence-corrected chi connectivity index (χ0v) is 10.5. The van der Waals surface area contributed by atoms with E-state index in [2.05, 4.69) is 20.3 Å². The van der Waals surface area contributed by atoms with Crippen molar-refractivity contribution in [2.75, 3.05) is 5.32 Å². The summed E-state index contributed by atoms with van der Waals surface area (Å²) in [6.07, 6.45) is 1.74. The number of H-pyrrole nitrogens is 1. The normalized spacial score (nSPS) is 10.6. The molecule has 5 nitrogen and oxygen atoms in total. The maximum Gasteiger partial charge on any atom is 0.252 e. The van der Waals surface area contributed by atoms with Crippen molar-refractivity contribution in [3.8, 4) is 0 Å². The fraction of sp³-hybridized carbons (Fsp3) is 0.308. The number of anilines is 1. The second-order valence-corrected chi connectivity index (χ2v) is 4.35. The second kappa shape index (κ2) is 5.44. The van der Waals surface area contributed by atoms with Gasteiger partial charge in [0.15, 0.2) is 0 Å². The third-order valence-electron chi connectivity index (χ3n) is 2.48. The van der Waals surface area contributed by atoms with E-state index >= 15 is 0 Å². The lowest BCUT2D eigenvalue weighted by molar-refractivity contribution is 0.766. The summed E-state index contributed by atoms with van der Waals surface area (Å²) in [5, 5.41) is 3.10. The molecule has 2 aromatic rings. The highest BCUT2D eigenvalue weighted by molar-refractivity contribution is 5.34. The third kappa shape index (κ3) is 3.16. The van der Waals surface area contributed by atoms with E-state index in [4.69, 9.17) is 0 Å². The predicted octanol–water partition coefficient (Wildman–Crippen LogP) is 1.90. The van der Waals surface area contributed by atoms with E-state index in [1.807, 2.05) is 32.0 Å². The Morgan fingerprint density at radius 2 is 2.22 bits per heavy atom. The molecule has 0 saturated carbocycles. The number of aromatic amines is 1. The van der Waals surface area contributed by atoms with Gasteiger partial charge in [0, 0.05) is 18.2 Å². The van der Waals surface area contributed by atoms with Crippen LogP contribution in [0, 0.1) is 0 Å². The first kappa shape index (κ1) is 12.3. The molecular weight excluding hydrogens is 228 g/mol. The van der Waals surface area contributed by atoms with Crippen LogP contribution < -0.4 is 10.9 Å². The Morgan fingerprint density at radius 3 is 2.89 bits per heavy atom. The number of nitrogens with zero attached hydrogens (tertiary/aromatic N) is 2. The van der Waals surface area contributed by atoms with Gasteiger partial charge in [0.2, 0.25) is 0 Å². The van der Waals surface area contributed by atoms with Gasteiger partial charge in [0.1, 0.15) is 11.6 Å². The van der Waals surface area contributed by atoms with Crippen molar-refractivity contribution in [2.45, 2.75) is 26.3 Å². The van der Waals surface area contributed by atoms with Gasteiger partial charge in [-0.3, -0.25) is 9.78 Å². The number of nitrogens with one attached hydrogen (secondary N) is 2. The smallest absolute Gasteiger partial charge is 0.252 e. The molecule has 0 spiro atoms. The average molecular weight is 244 g/mol. The number of hydrogen-bond acceptors (Lipinski definition) is 4. The quantitative estimate of drug-likeness (QED) is 0.861. The van der Waals surface area contributed by atoms with Crippen molar-refractivity contribution < 1.29 is 0 Å². The summed E-state index contributed by atoms with van der Waals surface area (Å²) in [5.41, 5.74) is 0.767. The Hall–Kier alpha value is -2.17. The molecule has 0 bridgehead atoms. The fourth-order valence-electron chi connectivity index (χ4n) is 1.52. The summed E-state index contributed by atoms with van der Waals surface area (Å²) >= 11 is 0. The average Bonchev–Trinajstić information content (AvgIpc) is 2.37. The Balaban J connectivity index is 2.12. The molecule has 2 rings (SSSR count). The summed E-state index contributed by atoms with van der Waals surface area (Å²) in [7, 11) is 0. The minimum absolute atomic E-state index is 0.141. The molecule has 0 amide bonds. The van der Waals surface area contributed by atoms with Crippen LogP contribution in [0.4, 0.5) is 5.82 Å². The predicted molar refractivity (Wildman–Crippen MR) is 70.5 cm³/mol. The topological polar surface area (TPSA) is 70.7 Å². The molecule has 0 saturated heterocycles. The van der Waals surface area contributed by atoms with Gasteiger partial charge in [-0.25, -0.2) is 4.98 Å². The van der Waals surface area contributed by atoms with E-state index < -0.39 is 0 Å². The van der Waals surface area contributed by atoms with Crippen LogP contribution in [0.2, 0.25) is 0 Å². The highest BCUT2D eigenvalue weighted by atomic mass is 16.1. The molecule has 2 heterocycles. The van der Waals surface area contributed by atoms with Crippen LogP contribution in [0.1, 0.15) is 31.3 Å². The molecule has 0 fully saturated rings. The molecule has 5 heteroatoms. The molecule has 94 valence electrons. The Labute approximate surface area is 105 Å². The van der Waals surface area contributed by atoms with Gasteiger partial charge >= 0.3 is 0 Å². The third-order valence-corrected chi connectivity index (χ3v) is 2.48. The van der Waals surface area contributed by atoms with Crippen LogP contribution in [0.15, 0.2) is 35.3 Å². The van der Waals surface area contributed by atoms with E-state index in [0.717, 1.165) is 5.69 Å². The van der Waals surface area contributed by atoms with Crippen molar-refractivity contribution in [1.29, 1.82) is 0 Å². The number of rotatable bonds is 4. The first-order valence-corrected chi connectivity index (χ1v) is 5.90. The summed E-state index contributed by atoms with van der Waals surface area (Å²) in [5.74, 6) is 1.45. The van der Waals surface area contributed by atoms with Crippen molar-refractivity contribution in [3.05, 3.63) is 52.3 Å². The molecular formula is C13H16N4O. The molecule has 0 aliphatic carbocycles. The molecule has 0 aliphatic heterocycles. The van der Waals surface area contributed by atoms with Crippen LogP contribution in [0.25, 0.3) is 0 Å². The largest absolute Gasteiger partial charge is 0.364 e. The summed E-state index contributed by atoms with van der Waals surface area (Å²) < 4.78 is 0. The number of pyridine rings is 1. The van der Waals surface area contributed by atoms with E-state index in [0.29, 0.717) is 18.2 Å². The van der Waals surface area contributed by atoms with Crippen molar-refractivity contribution in [1.82, 2.24) is 15.0 Å². The lowest BCUT2D eigenvalue weighted by Gasteiger charge is -2.08. The van der Waals surface area contributed by atoms with Gasteiger partial charge in [-0.2, -0.15) is 0 Å². The lowest BCUT2D eigenvalue weighted by Crippen LogP contribution is -2.14. The second-order valence-electron chi connectivity index (χ2n) is 4.35. The molecule has 0 unspecified atom stereocenters. The monoisotopic (exact) mass is 244 g/mol.